The molecule has 0 bridgehead atoms. The van der Waals surface area contributed by atoms with Crippen LogP contribution < -0.4 is 5.32 Å². The second kappa shape index (κ2) is 5.48. The van der Waals surface area contributed by atoms with Gasteiger partial charge in [0.25, 0.3) is 0 Å². The highest BCUT2D eigenvalue weighted by molar-refractivity contribution is 7.92. The zero-order valence-corrected chi connectivity index (χ0v) is 12.9. The zero-order valence-electron chi connectivity index (χ0n) is 12.1. The van der Waals surface area contributed by atoms with Crippen molar-refractivity contribution < 1.29 is 26.0 Å². The number of halogens is 4. The summed E-state index contributed by atoms with van der Waals surface area (Å²) in [5.41, 5.74) is -1.35. The Morgan fingerprint density at radius 2 is 1.82 bits per heavy atom. The SMILES string of the molecule is Cn1nc(C(F)(F)F)cc1S(=O)(=O)C(C)(F)C1CCNCC1. The molecule has 1 unspecified atom stereocenters. The highest BCUT2D eigenvalue weighted by Gasteiger charge is 2.50. The molecule has 1 aromatic heterocycles. The first-order valence-electron chi connectivity index (χ1n) is 6.73. The topological polar surface area (TPSA) is 64.0 Å². The summed E-state index contributed by atoms with van der Waals surface area (Å²) in [5.74, 6) is -0.775. The van der Waals surface area contributed by atoms with E-state index in [1.54, 1.807) is 0 Å². The van der Waals surface area contributed by atoms with Gasteiger partial charge in [0.15, 0.2) is 10.7 Å². The van der Waals surface area contributed by atoms with Crippen LogP contribution >= 0.6 is 0 Å². The minimum Gasteiger partial charge on any atom is -0.317 e. The Balaban J connectivity index is 2.43. The monoisotopic (exact) mass is 343 g/mol. The Morgan fingerprint density at radius 3 is 2.27 bits per heavy atom. The molecule has 2 rings (SSSR count). The summed E-state index contributed by atoms with van der Waals surface area (Å²) < 4.78 is 78.5. The lowest BCUT2D eigenvalue weighted by molar-refractivity contribution is -0.141. The molecule has 1 N–H and O–H groups in total. The highest BCUT2D eigenvalue weighted by atomic mass is 32.2. The number of aryl methyl sites for hydroxylation is 1. The second-order valence-corrected chi connectivity index (χ2v) is 7.73. The van der Waals surface area contributed by atoms with E-state index < -0.39 is 37.7 Å². The lowest BCUT2D eigenvalue weighted by atomic mass is 9.93. The number of sulfone groups is 1. The predicted octanol–water partition coefficient (Wildman–Crippen LogP) is 1.90. The fourth-order valence-electron chi connectivity index (χ4n) is 2.60. The molecule has 1 fully saturated rings. The Bertz CT molecular complexity index is 646. The van der Waals surface area contributed by atoms with Gasteiger partial charge in [-0.1, -0.05) is 0 Å². The van der Waals surface area contributed by atoms with Gasteiger partial charge >= 0.3 is 6.18 Å². The molecular weight excluding hydrogens is 326 g/mol. The summed E-state index contributed by atoms with van der Waals surface area (Å²) >= 11 is 0. The maximum atomic E-state index is 15.0. The normalized spacial score (nSPS) is 20.8. The highest BCUT2D eigenvalue weighted by Crippen LogP contribution is 2.39. The molecule has 0 aliphatic carbocycles. The third kappa shape index (κ3) is 2.85. The van der Waals surface area contributed by atoms with E-state index in [9.17, 15) is 26.0 Å². The first kappa shape index (κ1) is 17.2. The number of hydrogen-bond donors (Lipinski definition) is 1. The Morgan fingerprint density at radius 1 is 1.27 bits per heavy atom. The lowest BCUT2D eigenvalue weighted by Crippen LogP contribution is -2.44. The van der Waals surface area contributed by atoms with Crippen LogP contribution in [0.15, 0.2) is 11.1 Å². The Hall–Kier alpha value is -1.16. The fraction of sp³-hybridized carbons (Fsp3) is 0.750. The van der Waals surface area contributed by atoms with Gasteiger partial charge in [-0.3, -0.25) is 4.68 Å². The first-order chi connectivity index (χ1) is 9.98. The molecule has 10 heteroatoms. The van der Waals surface area contributed by atoms with Crippen molar-refractivity contribution in [2.75, 3.05) is 13.1 Å². The van der Waals surface area contributed by atoms with Crippen LogP contribution in [0.2, 0.25) is 0 Å². The quantitative estimate of drug-likeness (QED) is 0.852. The summed E-state index contributed by atoms with van der Waals surface area (Å²) in [4.78, 5) is 0. The van der Waals surface area contributed by atoms with Crippen molar-refractivity contribution in [2.24, 2.45) is 13.0 Å². The fourth-order valence-corrected chi connectivity index (χ4v) is 4.34. The van der Waals surface area contributed by atoms with Gasteiger partial charge in [0.2, 0.25) is 14.8 Å². The van der Waals surface area contributed by atoms with Crippen LogP contribution in [0.3, 0.4) is 0 Å². The van der Waals surface area contributed by atoms with Gasteiger partial charge in [-0.15, -0.1) is 0 Å². The van der Waals surface area contributed by atoms with Crippen molar-refractivity contribution in [3.05, 3.63) is 11.8 Å². The number of nitrogens with zero attached hydrogens (tertiary/aromatic N) is 2. The van der Waals surface area contributed by atoms with E-state index in [1.165, 1.54) is 0 Å². The maximum absolute atomic E-state index is 15.0. The van der Waals surface area contributed by atoms with Crippen molar-refractivity contribution in [1.29, 1.82) is 0 Å². The van der Waals surface area contributed by atoms with Crippen molar-refractivity contribution in [2.45, 2.75) is 36.0 Å². The van der Waals surface area contributed by atoms with E-state index in [-0.39, 0.29) is 0 Å². The third-order valence-corrected chi connectivity index (χ3v) is 6.31. The molecule has 0 radical (unpaired) electrons. The molecule has 0 aromatic carbocycles. The van der Waals surface area contributed by atoms with Crippen molar-refractivity contribution in [1.82, 2.24) is 15.1 Å². The van der Waals surface area contributed by atoms with Crippen LogP contribution in [-0.2, 0) is 23.1 Å². The smallest absolute Gasteiger partial charge is 0.317 e. The minimum atomic E-state index is -4.78. The summed E-state index contributed by atoms with van der Waals surface area (Å²) in [6.45, 7) is 1.86. The van der Waals surface area contributed by atoms with Crippen LogP contribution in [0.25, 0.3) is 0 Å². The zero-order chi connectivity index (χ0) is 16.8. The van der Waals surface area contributed by atoms with Gasteiger partial charge in [0.05, 0.1) is 0 Å². The van der Waals surface area contributed by atoms with Crippen molar-refractivity contribution >= 4 is 9.84 Å². The van der Waals surface area contributed by atoms with Crippen LogP contribution in [-0.4, -0.2) is 36.3 Å². The average molecular weight is 343 g/mol. The summed E-state index contributed by atoms with van der Waals surface area (Å²) in [6, 6.07) is 0.383. The summed E-state index contributed by atoms with van der Waals surface area (Å²) in [5, 5.41) is 2.72. The average Bonchev–Trinajstić information content (AvgIpc) is 2.82. The van der Waals surface area contributed by atoms with E-state index in [2.05, 4.69) is 10.4 Å². The van der Waals surface area contributed by atoms with Gasteiger partial charge in [-0.25, -0.2) is 12.8 Å². The predicted molar refractivity (Wildman–Crippen MR) is 70.5 cm³/mol. The van der Waals surface area contributed by atoms with E-state index in [4.69, 9.17) is 0 Å². The van der Waals surface area contributed by atoms with Crippen molar-refractivity contribution in [3.63, 3.8) is 0 Å². The van der Waals surface area contributed by atoms with E-state index in [1.807, 2.05) is 0 Å². The second-order valence-electron chi connectivity index (χ2n) is 5.50. The van der Waals surface area contributed by atoms with Crippen LogP contribution in [0, 0.1) is 5.92 Å². The molecule has 0 spiro atoms. The molecule has 1 aliphatic heterocycles. The van der Waals surface area contributed by atoms with E-state index >= 15 is 0 Å². The number of alkyl halides is 4. The standard InChI is InChI=1S/C12H17F4N3O2S/c1-11(13,8-3-5-17-6-4-8)22(20,21)10-7-9(12(14,15)16)18-19(10)2/h7-8,17H,3-6H2,1-2H3. The first-order valence-corrected chi connectivity index (χ1v) is 8.21. The van der Waals surface area contributed by atoms with Gasteiger partial charge in [0, 0.05) is 19.0 Å². The molecule has 0 saturated carbocycles. The van der Waals surface area contributed by atoms with Crippen LogP contribution in [0.4, 0.5) is 17.6 Å². The molecular formula is C12H17F4N3O2S. The van der Waals surface area contributed by atoms with Gasteiger partial charge in [-0.05, 0) is 32.9 Å². The maximum Gasteiger partial charge on any atom is 0.435 e. The molecule has 1 atom stereocenters. The van der Waals surface area contributed by atoms with Gasteiger partial charge in [-0.2, -0.15) is 18.3 Å². The number of hydrogen-bond acceptors (Lipinski definition) is 4. The third-order valence-electron chi connectivity index (χ3n) is 4.00. The number of aromatic nitrogens is 2. The van der Waals surface area contributed by atoms with Crippen LogP contribution in [0.5, 0.6) is 0 Å². The van der Waals surface area contributed by atoms with Gasteiger partial charge in [0.1, 0.15) is 0 Å². The molecule has 1 aliphatic rings. The Kier molecular flexibility index (Phi) is 4.29. The molecule has 5 nitrogen and oxygen atoms in total. The summed E-state index contributed by atoms with van der Waals surface area (Å²) in [6.07, 6.45) is -4.18. The molecule has 1 saturated heterocycles. The number of piperidine rings is 1. The van der Waals surface area contributed by atoms with Gasteiger partial charge < -0.3 is 5.32 Å². The lowest BCUT2D eigenvalue weighted by Gasteiger charge is -2.33. The Labute approximate surface area is 125 Å². The van der Waals surface area contributed by atoms with Crippen molar-refractivity contribution in [3.8, 4) is 0 Å². The largest absolute Gasteiger partial charge is 0.435 e. The number of rotatable bonds is 3. The van der Waals surface area contributed by atoms with E-state index in [0.29, 0.717) is 36.7 Å². The molecule has 1 aromatic rings. The number of nitrogens with one attached hydrogen (secondary N) is 1. The molecule has 22 heavy (non-hydrogen) atoms. The molecule has 126 valence electrons. The molecule has 2 heterocycles. The van der Waals surface area contributed by atoms with Crippen LogP contribution in [0.1, 0.15) is 25.5 Å². The summed E-state index contributed by atoms with van der Waals surface area (Å²) in [7, 11) is -3.55. The minimum absolute atomic E-state index is 0.302. The van der Waals surface area contributed by atoms with E-state index in [0.717, 1.165) is 14.0 Å². The molecule has 0 amide bonds.